The van der Waals surface area contributed by atoms with Crippen LogP contribution in [0.3, 0.4) is 0 Å². The highest BCUT2D eigenvalue weighted by Crippen LogP contribution is 2.30. The number of carboxylic acid groups (broad SMARTS) is 1. The van der Waals surface area contributed by atoms with Gasteiger partial charge < -0.3 is 15.5 Å². The number of hydrogen-bond acceptors (Lipinski definition) is 4. The molecule has 3 N–H and O–H groups in total. The third-order valence-electron chi connectivity index (χ3n) is 1.64. The fourth-order valence-electron chi connectivity index (χ4n) is 0.867. The van der Waals surface area contributed by atoms with Crippen molar-refractivity contribution in [2.24, 2.45) is 0 Å². The van der Waals surface area contributed by atoms with Gasteiger partial charge in [-0.25, -0.2) is 4.79 Å². The van der Waals surface area contributed by atoms with Crippen molar-refractivity contribution in [3.63, 3.8) is 0 Å². The fourth-order valence-corrected chi connectivity index (χ4v) is 2.33. The molecule has 0 aromatic carbocycles. The topological polar surface area (TPSA) is 86.6 Å². The second kappa shape index (κ2) is 5.49. The summed E-state index contributed by atoms with van der Waals surface area (Å²) in [4.78, 5) is 21.7. The van der Waals surface area contributed by atoms with E-state index >= 15 is 0 Å². The van der Waals surface area contributed by atoms with Gasteiger partial charge in [0, 0.05) is 0 Å². The van der Waals surface area contributed by atoms with Gasteiger partial charge in [-0.2, -0.15) is 0 Å². The van der Waals surface area contributed by atoms with E-state index in [4.69, 9.17) is 33.4 Å². The Labute approximate surface area is 105 Å². The third-order valence-corrected chi connectivity index (χ3v) is 3.13. The molecule has 1 rings (SSSR count). The van der Waals surface area contributed by atoms with Crippen molar-refractivity contribution >= 4 is 46.4 Å². The van der Waals surface area contributed by atoms with E-state index in [9.17, 15) is 9.59 Å². The van der Waals surface area contributed by atoms with Crippen molar-refractivity contribution in [1.29, 1.82) is 0 Å². The average molecular weight is 284 g/mol. The Morgan fingerprint density at radius 2 is 2.12 bits per heavy atom. The monoisotopic (exact) mass is 283 g/mol. The minimum absolute atomic E-state index is 0.161. The Morgan fingerprint density at radius 1 is 1.50 bits per heavy atom. The largest absolute Gasteiger partial charge is 0.479 e. The van der Waals surface area contributed by atoms with Crippen molar-refractivity contribution in [3.8, 4) is 0 Å². The first-order valence-corrected chi connectivity index (χ1v) is 5.63. The van der Waals surface area contributed by atoms with Crippen LogP contribution in [-0.2, 0) is 4.79 Å². The van der Waals surface area contributed by atoms with E-state index in [1.807, 2.05) is 0 Å². The van der Waals surface area contributed by atoms with E-state index in [2.05, 4.69) is 5.32 Å². The normalized spacial score (nSPS) is 12.2. The first-order valence-electron chi connectivity index (χ1n) is 4.05. The minimum Gasteiger partial charge on any atom is -0.479 e. The van der Waals surface area contributed by atoms with Crippen LogP contribution in [0.5, 0.6) is 0 Å². The smallest absolute Gasteiger partial charge is 0.334 e. The molecule has 0 bridgehead atoms. The predicted molar refractivity (Wildman–Crippen MR) is 60.3 cm³/mol. The van der Waals surface area contributed by atoms with E-state index in [0.717, 1.165) is 11.3 Å². The Balaban J connectivity index is 2.60. The zero-order valence-electron chi connectivity index (χ0n) is 7.74. The summed E-state index contributed by atoms with van der Waals surface area (Å²) in [5, 5.41) is 19.5. The summed E-state index contributed by atoms with van der Waals surface area (Å²) in [6.07, 6.45) is -1.64. The summed E-state index contributed by atoms with van der Waals surface area (Å²) in [6, 6.07) is 1.37. The first kappa shape index (κ1) is 13.2. The molecule has 1 atom stereocenters. The second-order valence-electron chi connectivity index (χ2n) is 2.80. The van der Waals surface area contributed by atoms with Crippen LogP contribution in [0.25, 0.3) is 0 Å². The van der Waals surface area contributed by atoms with Crippen molar-refractivity contribution in [1.82, 2.24) is 5.32 Å². The molecule has 1 amide bonds. The van der Waals surface area contributed by atoms with Crippen molar-refractivity contribution in [2.75, 3.05) is 6.54 Å². The standard InChI is InChI=1S/C8H7Cl2NO4S/c9-5-1-3(6(10)16-5)7(13)11-2-4(12)8(14)15/h1,4,12H,2H2,(H,11,13)(H,14,15)/t4-/m0/s1. The molecule has 1 aromatic rings. The molecule has 1 aromatic heterocycles. The summed E-state index contributed by atoms with van der Waals surface area (Å²) in [7, 11) is 0. The lowest BCUT2D eigenvalue weighted by Crippen LogP contribution is -2.36. The van der Waals surface area contributed by atoms with Crippen LogP contribution < -0.4 is 5.32 Å². The number of rotatable bonds is 4. The zero-order chi connectivity index (χ0) is 12.3. The molecule has 0 spiro atoms. The molecule has 0 aliphatic rings. The number of halogens is 2. The summed E-state index contributed by atoms with van der Waals surface area (Å²) in [5.41, 5.74) is 0.161. The van der Waals surface area contributed by atoms with Crippen LogP contribution >= 0.6 is 34.5 Å². The number of carbonyl (C=O) groups excluding carboxylic acids is 1. The van der Waals surface area contributed by atoms with Gasteiger partial charge in [0.25, 0.3) is 5.91 Å². The highest BCUT2D eigenvalue weighted by Gasteiger charge is 2.17. The number of thiophene rings is 1. The molecule has 16 heavy (non-hydrogen) atoms. The molecule has 0 saturated carbocycles. The van der Waals surface area contributed by atoms with Gasteiger partial charge in [-0.05, 0) is 6.07 Å². The van der Waals surface area contributed by atoms with E-state index in [0.29, 0.717) is 4.34 Å². The SMILES string of the molecule is O=C(NC[C@H](O)C(=O)O)c1cc(Cl)sc1Cl. The molecule has 5 nitrogen and oxygen atoms in total. The lowest BCUT2D eigenvalue weighted by atomic mass is 10.3. The molecule has 1 heterocycles. The van der Waals surface area contributed by atoms with Gasteiger partial charge in [0.15, 0.2) is 6.10 Å². The summed E-state index contributed by atoms with van der Waals surface area (Å²) in [6.45, 7) is -0.391. The molecule has 0 aliphatic heterocycles. The number of aliphatic hydroxyl groups is 1. The maximum absolute atomic E-state index is 11.5. The summed E-state index contributed by atoms with van der Waals surface area (Å²) < 4.78 is 0.571. The molecule has 0 fully saturated rings. The number of carbonyl (C=O) groups is 2. The average Bonchev–Trinajstić information content (AvgIpc) is 2.53. The van der Waals surface area contributed by atoms with Gasteiger partial charge in [0.1, 0.15) is 4.34 Å². The molecule has 0 radical (unpaired) electrons. The maximum atomic E-state index is 11.5. The lowest BCUT2D eigenvalue weighted by molar-refractivity contribution is -0.146. The molecule has 0 saturated heterocycles. The lowest BCUT2D eigenvalue weighted by Gasteiger charge is -2.06. The van der Waals surface area contributed by atoms with E-state index in [1.165, 1.54) is 6.07 Å². The second-order valence-corrected chi connectivity index (χ2v) is 5.09. The van der Waals surface area contributed by atoms with Gasteiger partial charge in [0.05, 0.1) is 16.4 Å². The summed E-state index contributed by atoms with van der Waals surface area (Å²) >= 11 is 12.4. The molecule has 88 valence electrons. The Morgan fingerprint density at radius 3 is 2.56 bits per heavy atom. The number of nitrogens with one attached hydrogen (secondary N) is 1. The summed E-state index contributed by atoms with van der Waals surface area (Å²) in [5.74, 6) is -1.98. The van der Waals surface area contributed by atoms with Crippen LogP contribution in [0.4, 0.5) is 0 Å². The van der Waals surface area contributed by atoms with Crippen molar-refractivity contribution in [2.45, 2.75) is 6.10 Å². The number of hydrogen-bond donors (Lipinski definition) is 3. The molecule has 0 aliphatic carbocycles. The molecule has 8 heteroatoms. The number of amides is 1. The minimum atomic E-state index is -1.64. The van der Waals surface area contributed by atoms with Crippen LogP contribution in [0.2, 0.25) is 8.67 Å². The van der Waals surface area contributed by atoms with Crippen LogP contribution in [-0.4, -0.2) is 34.7 Å². The van der Waals surface area contributed by atoms with Gasteiger partial charge in [-0.15, -0.1) is 11.3 Å². The Kier molecular flexibility index (Phi) is 4.55. The highest BCUT2D eigenvalue weighted by atomic mass is 35.5. The van der Waals surface area contributed by atoms with Gasteiger partial charge in [0.2, 0.25) is 0 Å². The maximum Gasteiger partial charge on any atom is 0.334 e. The third kappa shape index (κ3) is 3.34. The molecule has 0 unspecified atom stereocenters. The highest BCUT2D eigenvalue weighted by molar-refractivity contribution is 7.20. The Bertz CT molecular complexity index is 420. The zero-order valence-corrected chi connectivity index (χ0v) is 10.1. The van der Waals surface area contributed by atoms with Crippen LogP contribution in [0.1, 0.15) is 10.4 Å². The van der Waals surface area contributed by atoms with Gasteiger partial charge >= 0.3 is 5.97 Å². The fraction of sp³-hybridized carbons (Fsp3) is 0.250. The van der Waals surface area contributed by atoms with Crippen molar-refractivity contribution < 1.29 is 19.8 Å². The quantitative estimate of drug-likeness (QED) is 0.776. The van der Waals surface area contributed by atoms with Gasteiger partial charge in [-0.1, -0.05) is 23.2 Å². The van der Waals surface area contributed by atoms with E-state index in [-0.39, 0.29) is 9.90 Å². The first-order chi connectivity index (χ1) is 7.41. The molecular formula is C8H7Cl2NO4S. The van der Waals surface area contributed by atoms with Crippen molar-refractivity contribution in [3.05, 3.63) is 20.3 Å². The van der Waals surface area contributed by atoms with Crippen LogP contribution in [0, 0.1) is 0 Å². The van der Waals surface area contributed by atoms with Crippen LogP contribution in [0.15, 0.2) is 6.07 Å². The molecular weight excluding hydrogens is 277 g/mol. The van der Waals surface area contributed by atoms with E-state index in [1.54, 1.807) is 0 Å². The van der Waals surface area contributed by atoms with Gasteiger partial charge in [-0.3, -0.25) is 4.79 Å². The Hall–Kier alpha value is -0.820. The predicted octanol–water partition coefficient (Wildman–Crippen LogP) is 1.23. The number of carboxylic acids is 1. The number of aliphatic hydroxyl groups excluding tert-OH is 1. The van der Waals surface area contributed by atoms with E-state index < -0.39 is 24.5 Å². The number of aliphatic carboxylic acids is 1.